The van der Waals surface area contributed by atoms with Gasteiger partial charge in [0.05, 0.1) is 6.54 Å². The minimum Gasteiger partial charge on any atom is -0.423 e. The van der Waals surface area contributed by atoms with E-state index in [4.69, 9.17) is 10.2 Å². The lowest BCUT2D eigenvalue weighted by atomic mass is 10.4. The first-order chi connectivity index (χ1) is 7.82. The molecule has 2 N–H and O–H groups in total. The average molecular weight is 253 g/mol. The van der Waals surface area contributed by atoms with E-state index in [-0.39, 0.29) is 18.3 Å². The van der Waals surface area contributed by atoms with Crippen LogP contribution in [0.5, 0.6) is 0 Å². The molecule has 0 atom stereocenters. The van der Waals surface area contributed by atoms with E-state index in [2.05, 4.69) is 14.9 Å². The number of halogens is 3. The summed E-state index contributed by atoms with van der Waals surface area (Å²) in [5, 5.41) is 6.67. The van der Waals surface area contributed by atoms with Crippen LogP contribution in [0, 0.1) is 0 Å². The molecule has 94 valence electrons. The molecular formula is C7H6F3N3O4. The lowest BCUT2D eigenvalue weighted by molar-refractivity contribution is -0.201. The SMILES string of the molecule is NCc1nnc(CC(=O)OC(=O)C(F)(F)F)o1. The van der Waals surface area contributed by atoms with E-state index in [9.17, 15) is 22.8 Å². The first-order valence-corrected chi connectivity index (χ1v) is 4.16. The molecule has 17 heavy (non-hydrogen) atoms. The van der Waals surface area contributed by atoms with Gasteiger partial charge in [0.25, 0.3) is 0 Å². The van der Waals surface area contributed by atoms with Crippen LogP contribution in [0.15, 0.2) is 4.42 Å². The minimum atomic E-state index is -5.23. The summed E-state index contributed by atoms with van der Waals surface area (Å²) in [6, 6.07) is 0. The van der Waals surface area contributed by atoms with Gasteiger partial charge in [0.2, 0.25) is 11.8 Å². The van der Waals surface area contributed by atoms with Crippen molar-refractivity contribution in [3.8, 4) is 0 Å². The highest BCUT2D eigenvalue weighted by Crippen LogP contribution is 2.16. The van der Waals surface area contributed by atoms with Crippen LogP contribution in [-0.4, -0.2) is 28.3 Å². The summed E-state index contributed by atoms with van der Waals surface area (Å²) in [6.07, 6.45) is -5.97. The van der Waals surface area contributed by atoms with Crippen LogP contribution in [0.3, 0.4) is 0 Å². The van der Waals surface area contributed by atoms with Crippen molar-refractivity contribution in [2.75, 3.05) is 0 Å². The zero-order chi connectivity index (χ0) is 13.1. The molecule has 0 aromatic carbocycles. The number of nitrogens with zero attached hydrogens (tertiary/aromatic N) is 2. The maximum Gasteiger partial charge on any atom is 0.491 e. The zero-order valence-corrected chi connectivity index (χ0v) is 8.15. The van der Waals surface area contributed by atoms with Gasteiger partial charge < -0.3 is 14.9 Å². The average Bonchev–Trinajstić information content (AvgIpc) is 2.63. The predicted molar refractivity (Wildman–Crippen MR) is 43.0 cm³/mol. The van der Waals surface area contributed by atoms with E-state index < -0.39 is 24.5 Å². The molecule has 0 fully saturated rings. The fraction of sp³-hybridized carbons (Fsp3) is 0.429. The van der Waals surface area contributed by atoms with Crippen molar-refractivity contribution < 1.29 is 31.9 Å². The van der Waals surface area contributed by atoms with Gasteiger partial charge in [-0.2, -0.15) is 13.2 Å². The Kier molecular flexibility index (Phi) is 3.78. The summed E-state index contributed by atoms with van der Waals surface area (Å²) in [4.78, 5) is 21.1. The fourth-order valence-corrected chi connectivity index (χ4v) is 0.763. The number of rotatable bonds is 3. The smallest absolute Gasteiger partial charge is 0.423 e. The highest BCUT2D eigenvalue weighted by Gasteiger charge is 2.42. The van der Waals surface area contributed by atoms with Crippen LogP contribution in [0.4, 0.5) is 13.2 Å². The lowest BCUT2D eigenvalue weighted by Crippen LogP contribution is -2.28. The molecule has 0 unspecified atom stereocenters. The van der Waals surface area contributed by atoms with Crippen LogP contribution < -0.4 is 5.73 Å². The van der Waals surface area contributed by atoms with Gasteiger partial charge >= 0.3 is 18.1 Å². The van der Waals surface area contributed by atoms with Crippen molar-refractivity contribution in [1.29, 1.82) is 0 Å². The molecule has 10 heteroatoms. The second-order valence-corrected chi connectivity index (χ2v) is 2.73. The number of hydrogen-bond donors (Lipinski definition) is 1. The number of carbonyl (C=O) groups excluding carboxylic acids is 2. The molecule has 1 heterocycles. The van der Waals surface area contributed by atoms with E-state index in [1.54, 1.807) is 0 Å². The molecule has 0 aliphatic carbocycles. The van der Waals surface area contributed by atoms with E-state index in [1.165, 1.54) is 0 Å². The maximum atomic E-state index is 11.7. The van der Waals surface area contributed by atoms with Crippen LogP contribution >= 0.6 is 0 Å². The van der Waals surface area contributed by atoms with E-state index in [1.807, 2.05) is 0 Å². The van der Waals surface area contributed by atoms with Crippen LogP contribution in [-0.2, 0) is 27.3 Å². The molecule has 7 nitrogen and oxygen atoms in total. The van der Waals surface area contributed by atoms with Crippen molar-refractivity contribution >= 4 is 11.9 Å². The normalized spacial score (nSPS) is 11.3. The van der Waals surface area contributed by atoms with E-state index in [0.717, 1.165) is 0 Å². The quantitative estimate of drug-likeness (QED) is 0.582. The standard InChI is InChI=1S/C7H6F3N3O4/c8-7(9,10)6(15)17-5(14)1-3-12-13-4(2-11)16-3/h1-2,11H2. The number of esters is 2. The molecule has 0 amide bonds. The number of nitrogens with two attached hydrogens (primary N) is 1. The number of alkyl halides is 3. The lowest BCUT2D eigenvalue weighted by Gasteiger charge is -2.03. The van der Waals surface area contributed by atoms with Crippen LogP contribution in [0.1, 0.15) is 11.8 Å². The van der Waals surface area contributed by atoms with Gasteiger partial charge in [0.1, 0.15) is 6.42 Å². The van der Waals surface area contributed by atoms with Crippen LogP contribution in [0.25, 0.3) is 0 Å². The summed E-state index contributed by atoms with van der Waals surface area (Å²) in [5.41, 5.74) is 5.12. The summed E-state index contributed by atoms with van der Waals surface area (Å²) in [7, 11) is 0. The third-order valence-corrected chi connectivity index (χ3v) is 1.42. The molecular weight excluding hydrogens is 247 g/mol. The Morgan fingerprint density at radius 1 is 1.29 bits per heavy atom. The van der Waals surface area contributed by atoms with Crippen molar-refractivity contribution in [3.05, 3.63) is 11.8 Å². The van der Waals surface area contributed by atoms with Gasteiger partial charge in [-0.3, -0.25) is 4.79 Å². The van der Waals surface area contributed by atoms with Crippen molar-refractivity contribution in [2.45, 2.75) is 19.1 Å². The molecule has 0 spiro atoms. The largest absolute Gasteiger partial charge is 0.491 e. The molecule has 0 aliphatic rings. The van der Waals surface area contributed by atoms with E-state index in [0.29, 0.717) is 0 Å². The van der Waals surface area contributed by atoms with Gasteiger partial charge in [-0.05, 0) is 0 Å². The molecule has 1 aromatic heterocycles. The zero-order valence-electron chi connectivity index (χ0n) is 8.15. The summed E-state index contributed by atoms with van der Waals surface area (Å²) in [6.45, 7) is -0.0798. The minimum absolute atomic E-state index is 0.00921. The Morgan fingerprint density at radius 3 is 2.35 bits per heavy atom. The third kappa shape index (κ3) is 3.83. The number of carbonyl (C=O) groups is 2. The monoisotopic (exact) mass is 253 g/mol. The van der Waals surface area contributed by atoms with Gasteiger partial charge in [-0.15, -0.1) is 10.2 Å². The summed E-state index contributed by atoms with van der Waals surface area (Å²) < 4.78 is 43.4. The first kappa shape index (κ1) is 13.1. The Labute approximate surface area is 91.7 Å². The summed E-state index contributed by atoms with van der Waals surface area (Å²) in [5.74, 6) is -4.32. The summed E-state index contributed by atoms with van der Waals surface area (Å²) >= 11 is 0. The molecule has 0 bridgehead atoms. The van der Waals surface area contributed by atoms with Gasteiger partial charge in [-0.1, -0.05) is 0 Å². The highest BCUT2D eigenvalue weighted by molar-refractivity contribution is 5.88. The molecule has 0 aliphatic heterocycles. The second-order valence-electron chi connectivity index (χ2n) is 2.73. The van der Waals surface area contributed by atoms with Crippen molar-refractivity contribution in [1.82, 2.24) is 10.2 Å². The Morgan fingerprint density at radius 2 is 1.88 bits per heavy atom. The topological polar surface area (TPSA) is 108 Å². The second kappa shape index (κ2) is 4.91. The molecule has 1 aromatic rings. The van der Waals surface area contributed by atoms with Crippen molar-refractivity contribution in [3.63, 3.8) is 0 Å². The molecule has 0 saturated carbocycles. The third-order valence-electron chi connectivity index (χ3n) is 1.42. The Bertz CT molecular complexity index is 428. The van der Waals surface area contributed by atoms with Gasteiger partial charge in [0, 0.05) is 0 Å². The first-order valence-electron chi connectivity index (χ1n) is 4.16. The van der Waals surface area contributed by atoms with E-state index >= 15 is 0 Å². The maximum absolute atomic E-state index is 11.7. The molecule has 0 radical (unpaired) electrons. The number of ether oxygens (including phenoxy) is 1. The van der Waals surface area contributed by atoms with Gasteiger partial charge in [0.15, 0.2) is 0 Å². The fourth-order valence-electron chi connectivity index (χ4n) is 0.763. The highest BCUT2D eigenvalue weighted by atomic mass is 19.4. The Balaban J connectivity index is 2.53. The predicted octanol–water partition coefficient (Wildman–Crippen LogP) is -0.297. The number of hydrogen-bond acceptors (Lipinski definition) is 7. The van der Waals surface area contributed by atoms with Crippen LogP contribution in [0.2, 0.25) is 0 Å². The Hall–Kier alpha value is -1.97. The molecule has 1 rings (SSSR count). The van der Waals surface area contributed by atoms with Gasteiger partial charge in [-0.25, -0.2) is 4.79 Å². The van der Waals surface area contributed by atoms with Crippen molar-refractivity contribution in [2.24, 2.45) is 5.73 Å². The number of aromatic nitrogens is 2. The molecule has 0 saturated heterocycles.